The van der Waals surface area contributed by atoms with Gasteiger partial charge in [0.05, 0.1) is 18.2 Å². The molecule has 1 aromatic heterocycles. The van der Waals surface area contributed by atoms with Crippen molar-refractivity contribution in [1.82, 2.24) is 4.98 Å². The van der Waals surface area contributed by atoms with Crippen molar-refractivity contribution in [3.63, 3.8) is 0 Å². The van der Waals surface area contributed by atoms with Gasteiger partial charge < -0.3 is 14.3 Å². The highest BCUT2D eigenvalue weighted by atomic mass is 16.5. The maximum absolute atomic E-state index is 11.2. The van der Waals surface area contributed by atoms with Crippen LogP contribution in [0.25, 0.3) is 22.6 Å². The average molecular weight is 269 g/mol. The molecule has 3 rings (SSSR count). The lowest BCUT2D eigenvalue weighted by atomic mass is 10.1. The van der Waals surface area contributed by atoms with Gasteiger partial charge in [-0.1, -0.05) is 12.1 Å². The Bertz CT molecular complexity index is 791. The van der Waals surface area contributed by atoms with E-state index in [0.29, 0.717) is 22.4 Å². The Morgan fingerprint density at radius 1 is 1.25 bits per heavy atom. The van der Waals surface area contributed by atoms with Gasteiger partial charge in [-0.3, -0.25) is 0 Å². The lowest BCUT2D eigenvalue weighted by molar-refractivity contribution is 0.0697. The Balaban J connectivity index is 2.18. The van der Waals surface area contributed by atoms with Crippen molar-refractivity contribution >= 4 is 17.1 Å². The minimum absolute atomic E-state index is 0.158. The molecule has 5 nitrogen and oxygen atoms in total. The predicted octanol–water partition coefficient (Wildman–Crippen LogP) is 3.20. The van der Waals surface area contributed by atoms with E-state index in [9.17, 15) is 9.90 Å². The van der Waals surface area contributed by atoms with Crippen molar-refractivity contribution in [2.24, 2.45) is 0 Å². The molecule has 0 bridgehead atoms. The number of hydrogen-bond acceptors (Lipinski definition) is 4. The van der Waals surface area contributed by atoms with Crippen LogP contribution < -0.4 is 4.74 Å². The SMILES string of the molecule is COc1ccc2oc(-c3ccccc3C(=O)O)nc2c1. The van der Waals surface area contributed by atoms with E-state index in [4.69, 9.17) is 9.15 Å². The summed E-state index contributed by atoms with van der Waals surface area (Å²) in [5.74, 6) is -0.0597. The molecule has 0 aliphatic carbocycles. The van der Waals surface area contributed by atoms with Crippen molar-refractivity contribution in [2.75, 3.05) is 7.11 Å². The van der Waals surface area contributed by atoms with Gasteiger partial charge in [0.15, 0.2) is 5.58 Å². The molecular formula is C15H11NO4. The van der Waals surface area contributed by atoms with E-state index in [1.54, 1.807) is 43.5 Å². The number of nitrogens with zero attached hydrogens (tertiary/aromatic N) is 1. The summed E-state index contributed by atoms with van der Waals surface area (Å²) in [6, 6.07) is 11.9. The van der Waals surface area contributed by atoms with Crippen LogP contribution in [-0.2, 0) is 0 Å². The van der Waals surface area contributed by atoms with E-state index in [1.807, 2.05) is 0 Å². The number of benzene rings is 2. The number of hydrogen-bond donors (Lipinski definition) is 1. The third-order valence-corrected chi connectivity index (χ3v) is 2.98. The first kappa shape index (κ1) is 12.2. The van der Waals surface area contributed by atoms with Crippen molar-refractivity contribution in [2.45, 2.75) is 0 Å². The van der Waals surface area contributed by atoms with E-state index >= 15 is 0 Å². The summed E-state index contributed by atoms with van der Waals surface area (Å²) in [5.41, 5.74) is 1.82. The zero-order valence-electron chi connectivity index (χ0n) is 10.7. The van der Waals surface area contributed by atoms with Crippen molar-refractivity contribution in [3.8, 4) is 17.2 Å². The average Bonchev–Trinajstić information content (AvgIpc) is 2.89. The number of aromatic carboxylic acids is 1. The Morgan fingerprint density at radius 2 is 2.05 bits per heavy atom. The number of aromatic nitrogens is 1. The third-order valence-electron chi connectivity index (χ3n) is 2.98. The molecule has 0 fully saturated rings. The minimum Gasteiger partial charge on any atom is -0.497 e. The van der Waals surface area contributed by atoms with Crippen LogP contribution >= 0.6 is 0 Å². The number of ether oxygens (including phenoxy) is 1. The van der Waals surface area contributed by atoms with Gasteiger partial charge in [-0.15, -0.1) is 0 Å². The third kappa shape index (κ3) is 1.99. The molecule has 0 unspecified atom stereocenters. The largest absolute Gasteiger partial charge is 0.497 e. The first-order valence-corrected chi connectivity index (χ1v) is 5.96. The van der Waals surface area contributed by atoms with E-state index < -0.39 is 5.97 Å². The van der Waals surface area contributed by atoms with Crippen molar-refractivity contribution in [3.05, 3.63) is 48.0 Å². The standard InChI is InChI=1S/C15H11NO4/c1-19-9-6-7-13-12(8-9)16-14(20-13)10-4-2-3-5-11(10)15(17)18/h2-8H,1H3,(H,17,18). The Morgan fingerprint density at radius 3 is 2.80 bits per heavy atom. The molecule has 1 N–H and O–H groups in total. The van der Waals surface area contributed by atoms with Gasteiger partial charge >= 0.3 is 5.97 Å². The number of methoxy groups -OCH3 is 1. The molecule has 0 aliphatic heterocycles. The topological polar surface area (TPSA) is 72.6 Å². The summed E-state index contributed by atoms with van der Waals surface area (Å²) >= 11 is 0. The second kappa shape index (κ2) is 4.70. The zero-order valence-corrected chi connectivity index (χ0v) is 10.7. The van der Waals surface area contributed by atoms with E-state index in [0.717, 1.165) is 0 Å². The Kier molecular flexibility index (Phi) is 2.87. The highest BCUT2D eigenvalue weighted by Crippen LogP contribution is 2.28. The molecule has 0 radical (unpaired) electrons. The fraction of sp³-hybridized carbons (Fsp3) is 0.0667. The monoisotopic (exact) mass is 269 g/mol. The van der Waals surface area contributed by atoms with Crippen LogP contribution in [0, 0.1) is 0 Å². The van der Waals surface area contributed by atoms with Crippen LogP contribution in [0.5, 0.6) is 5.75 Å². The molecule has 0 spiro atoms. The normalized spacial score (nSPS) is 10.7. The second-order valence-corrected chi connectivity index (χ2v) is 4.20. The smallest absolute Gasteiger partial charge is 0.336 e. The first-order chi connectivity index (χ1) is 9.69. The van der Waals surface area contributed by atoms with Gasteiger partial charge in [0, 0.05) is 6.07 Å². The molecule has 0 amide bonds. The second-order valence-electron chi connectivity index (χ2n) is 4.20. The van der Waals surface area contributed by atoms with Crippen molar-refractivity contribution < 1.29 is 19.1 Å². The fourth-order valence-electron chi connectivity index (χ4n) is 2.01. The lowest BCUT2D eigenvalue weighted by Gasteiger charge is -2.00. The number of oxazole rings is 1. The minimum atomic E-state index is -1.01. The van der Waals surface area contributed by atoms with Gasteiger partial charge in [0.25, 0.3) is 0 Å². The summed E-state index contributed by atoms with van der Waals surface area (Å²) in [4.78, 5) is 15.5. The maximum Gasteiger partial charge on any atom is 0.336 e. The summed E-state index contributed by atoms with van der Waals surface area (Å²) in [5, 5.41) is 9.19. The van der Waals surface area contributed by atoms with Crippen LogP contribution in [0.2, 0.25) is 0 Å². The molecule has 20 heavy (non-hydrogen) atoms. The van der Waals surface area contributed by atoms with Crippen LogP contribution in [-0.4, -0.2) is 23.2 Å². The molecule has 100 valence electrons. The van der Waals surface area contributed by atoms with Gasteiger partial charge in [0.1, 0.15) is 11.3 Å². The van der Waals surface area contributed by atoms with Crippen LogP contribution in [0.3, 0.4) is 0 Å². The molecule has 0 atom stereocenters. The molecular weight excluding hydrogens is 258 g/mol. The van der Waals surface area contributed by atoms with Crippen LogP contribution in [0.1, 0.15) is 10.4 Å². The fourth-order valence-corrected chi connectivity index (χ4v) is 2.01. The van der Waals surface area contributed by atoms with Gasteiger partial charge in [-0.25, -0.2) is 9.78 Å². The highest BCUT2D eigenvalue weighted by molar-refractivity contribution is 5.95. The van der Waals surface area contributed by atoms with E-state index in [2.05, 4.69) is 4.98 Å². The predicted molar refractivity (Wildman–Crippen MR) is 73.0 cm³/mol. The molecule has 5 heteroatoms. The summed E-state index contributed by atoms with van der Waals surface area (Å²) in [7, 11) is 1.57. The van der Waals surface area contributed by atoms with Gasteiger partial charge in [-0.2, -0.15) is 0 Å². The molecule has 0 aliphatic rings. The highest BCUT2D eigenvalue weighted by Gasteiger charge is 2.16. The summed E-state index contributed by atoms with van der Waals surface area (Å²) in [6.45, 7) is 0. The summed E-state index contributed by atoms with van der Waals surface area (Å²) < 4.78 is 10.7. The number of carbonyl (C=O) groups is 1. The summed E-state index contributed by atoms with van der Waals surface area (Å²) in [6.07, 6.45) is 0. The van der Waals surface area contributed by atoms with E-state index in [-0.39, 0.29) is 11.5 Å². The molecule has 2 aromatic carbocycles. The van der Waals surface area contributed by atoms with Gasteiger partial charge in [0.2, 0.25) is 5.89 Å². The lowest BCUT2D eigenvalue weighted by Crippen LogP contribution is -1.98. The van der Waals surface area contributed by atoms with Crippen LogP contribution in [0.4, 0.5) is 0 Å². The zero-order chi connectivity index (χ0) is 14.1. The van der Waals surface area contributed by atoms with Crippen LogP contribution in [0.15, 0.2) is 46.9 Å². The molecule has 1 heterocycles. The molecule has 0 saturated heterocycles. The maximum atomic E-state index is 11.2. The first-order valence-electron chi connectivity index (χ1n) is 5.96. The number of carboxylic acid groups (broad SMARTS) is 1. The van der Waals surface area contributed by atoms with Crippen molar-refractivity contribution in [1.29, 1.82) is 0 Å². The van der Waals surface area contributed by atoms with Gasteiger partial charge in [-0.05, 0) is 24.3 Å². The Hall–Kier alpha value is -2.82. The quantitative estimate of drug-likeness (QED) is 0.790. The van der Waals surface area contributed by atoms with E-state index in [1.165, 1.54) is 6.07 Å². The molecule has 0 saturated carbocycles. The number of rotatable bonds is 3. The number of carboxylic acids is 1. The Labute approximate surface area is 114 Å². The number of fused-ring (bicyclic) bond motifs is 1. The molecule has 3 aromatic rings.